The average molecular weight is 307 g/mol. The van der Waals surface area contributed by atoms with Gasteiger partial charge < -0.3 is 4.57 Å². The first-order valence-corrected chi connectivity index (χ1v) is 5.68. The van der Waals surface area contributed by atoms with Crippen LogP contribution in [-0.4, -0.2) is 9.55 Å². The van der Waals surface area contributed by atoms with Crippen molar-refractivity contribution in [2.45, 2.75) is 6.18 Å². The van der Waals surface area contributed by atoms with Crippen LogP contribution in [0.25, 0.3) is 11.3 Å². The Balaban J connectivity index is 2.66. The van der Waals surface area contributed by atoms with E-state index in [1.807, 2.05) is 0 Å². The van der Waals surface area contributed by atoms with Crippen molar-refractivity contribution >= 4 is 11.6 Å². The smallest absolute Gasteiger partial charge is 0.304 e. The van der Waals surface area contributed by atoms with Crippen molar-refractivity contribution in [1.29, 1.82) is 0 Å². The predicted molar refractivity (Wildman–Crippen MR) is 64.9 cm³/mol. The summed E-state index contributed by atoms with van der Waals surface area (Å²) in [5, 5.41) is 0.106. The molecule has 0 aliphatic heterocycles. The average Bonchev–Trinajstić information content (AvgIpc) is 2.32. The van der Waals surface area contributed by atoms with E-state index in [0.717, 1.165) is 13.1 Å². The number of hydrogen-bond acceptors (Lipinski definition) is 2. The summed E-state index contributed by atoms with van der Waals surface area (Å²) in [6.07, 6.45) is -4.22. The minimum Gasteiger partial charge on any atom is -0.304 e. The number of rotatable bonds is 1. The monoisotopic (exact) mass is 306 g/mol. The maximum atomic E-state index is 13.7. The summed E-state index contributed by atoms with van der Waals surface area (Å²) in [7, 11) is 0.949. The highest BCUT2D eigenvalue weighted by atomic mass is 35.5. The van der Waals surface area contributed by atoms with Gasteiger partial charge in [-0.15, -0.1) is 0 Å². The Morgan fingerprint density at radius 1 is 1.30 bits per heavy atom. The Kier molecular flexibility index (Phi) is 3.56. The van der Waals surface area contributed by atoms with E-state index in [-0.39, 0.29) is 10.6 Å². The molecule has 0 radical (unpaired) electrons. The van der Waals surface area contributed by atoms with E-state index in [2.05, 4.69) is 4.98 Å². The fraction of sp³-hybridized carbons (Fsp3) is 0.167. The molecule has 0 amide bonds. The molecule has 3 nitrogen and oxygen atoms in total. The lowest BCUT2D eigenvalue weighted by Gasteiger charge is -2.12. The zero-order chi connectivity index (χ0) is 15.1. The molecule has 0 fully saturated rings. The van der Waals surface area contributed by atoms with E-state index >= 15 is 0 Å². The van der Waals surface area contributed by atoms with Crippen LogP contribution in [0.4, 0.5) is 17.6 Å². The Morgan fingerprint density at radius 2 is 1.95 bits per heavy atom. The number of hydrogen-bond donors (Lipinski definition) is 0. The second kappa shape index (κ2) is 4.90. The quantitative estimate of drug-likeness (QED) is 0.758. The van der Waals surface area contributed by atoms with Crippen LogP contribution in [0.15, 0.2) is 29.2 Å². The van der Waals surface area contributed by atoms with Gasteiger partial charge in [-0.3, -0.25) is 4.79 Å². The van der Waals surface area contributed by atoms with Gasteiger partial charge in [0.1, 0.15) is 17.2 Å². The Labute approximate surface area is 115 Å². The molecule has 0 unspecified atom stereocenters. The molecule has 106 valence electrons. The molecule has 0 saturated carbocycles. The third-order valence-corrected chi connectivity index (χ3v) is 2.90. The van der Waals surface area contributed by atoms with Gasteiger partial charge in [0.25, 0.3) is 5.56 Å². The summed E-state index contributed by atoms with van der Waals surface area (Å²) in [6.45, 7) is 0. The summed E-state index contributed by atoms with van der Waals surface area (Å²) in [6, 6.07) is 3.46. The van der Waals surface area contributed by atoms with Crippen molar-refractivity contribution < 1.29 is 17.6 Å². The molecule has 0 aliphatic carbocycles. The van der Waals surface area contributed by atoms with Gasteiger partial charge in [-0.05, 0) is 18.2 Å². The number of benzene rings is 1. The Hall–Kier alpha value is -1.89. The first-order chi connectivity index (χ1) is 9.21. The summed E-state index contributed by atoms with van der Waals surface area (Å²) in [5.41, 5.74) is -2.86. The lowest BCUT2D eigenvalue weighted by atomic mass is 10.1. The van der Waals surface area contributed by atoms with Gasteiger partial charge in [-0.2, -0.15) is 13.2 Å². The topological polar surface area (TPSA) is 34.9 Å². The molecule has 0 atom stereocenters. The fourth-order valence-corrected chi connectivity index (χ4v) is 1.82. The third kappa shape index (κ3) is 2.53. The molecule has 20 heavy (non-hydrogen) atoms. The van der Waals surface area contributed by atoms with Gasteiger partial charge in [0.2, 0.25) is 0 Å². The molecular formula is C12H7ClF4N2O. The zero-order valence-electron chi connectivity index (χ0n) is 10.0. The molecule has 0 saturated heterocycles. The first kappa shape index (κ1) is 14.5. The molecule has 2 rings (SSSR count). The molecule has 1 aromatic heterocycles. The maximum absolute atomic E-state index is 13.7. The minimum atomic E-state index is -4.71. The Morgan fingerprint density at radius 3 is 2.50 bits per heavy atom. The van der Waals surface area contributed by atoms with Crippen LogP contribution in [0, 0.1) is 5.82 Å². The molecule has 1 aromatic carbocycles. The second-order valence-electron chi connectivity index (χ2n) is 3.98. The Bertz CT molecular complexity index is 724. The van der Waals surface area contributed by atoms with Crippen LogP contribution in [0.5, 0.6) is 0 Å². The third-order valence-electron chi connectivity index (χ3n) is 2.66. The molecule has 8 heteroatoms. The van der Waals surface area contributed by atoms with Gasteiger partial charge in [0, 0.05) is 17.6 Å². The van der Waals surface area contributed by atoms with E-state index in [0.29, 0.717) is 10.8 Å². The minimum absolute atomic E-state index is 0.106. The lowest BCUT2D eigenvalue weighted by molar-refractivity contribution is -0.144. The molecular weight excluding hydrogens is 300 g/mol. The SMILES string of the molecule is Cn1c(C(F)(F)F)cnc(-c2ccc(Cl)cc2F)c1=O. The van der Waals surface area contributed by atoms with E-state index < -0.39 is 28.9 Å². The van der Waals surface area contributed by atoms with Crippen molar-refractivity contribution in [3.8, 4) is 11.3 Å². The highest BCUT2D eigenvalue weighted by Gasteiger charge is 2.34. The highest BCUT2D eigenvalue weighted by Crippen LogP contribution is 2.28. The van der Waals surface area contributed by atoms with Crippen LogP contribution in [0.1, 0.15) is 5.69 Å². The molecule has 0 aliphatic rings. The van der Waals surface area contributed by atoms with Crippen molar-refractivity contribution in [3.63, 3.8) is 0 Å². The van der Waals surface area contributed by atoms with Crippen LogP contribution < -0.4 is 5.56 Å². The molecule has 1 heterocycles. The van der Waals surface area contributed by atoms with Gasteiger partial charge in [0.15, 0.2) is 0 Å². The van der Waals surface area contributed by atoms with E-state index in [9.17, 15) is 22.4 Å². The van der Waals surface area contributed by atoms with Gasteiger partial charge in [-0.25, -0.2) is 9.37 Å². The first-order valence-electron chi connectivity index (χ1n) is 5.30. The van der Waals surface area contributed by atoms with Crippen LogP contribution in [-0.2, 0) is 13.2 Å². The predicted octanol–water partition coefficient (Wildman–Crippen LogP) is 3.26. The van der Waals surface area contributed by atoms with Crippen molar-refractivity contribution in [2.24, 2.45) is 7.05 Å². The summed E-state index contributed by atoms with van der Waals surface area (Å²) >= 11 is 5.57. The molecule has 2 aromatic rings. The maximum Gasteiger partial charge on any atom is 0.433 e. The fourth-order valence-electron chi connectivity index (χ4n) is 1.67. The molecule has 0 spiro atoms. The molecule has 0 N–H and O–H groups in total. The van der Waals surface area contributed by atoms with Crippen LogP contribution in [0.2, 0.25) is 5.02 Å². The number of halogens is 5. The highest BCUT2D eigenvalue weighted by molar-refractivity contribution is 6.30. The number of nitrogens with zero attached hydrogens (tertiary/aromatic N) is 2. The summed E-state index contributed by atoms with van der Waals surface area (Å²) in [4.78, 5) is 15.3. The lowest BCUT2D eigenvalue weighted by Crippen LogP contribution is -2.27. The van der Waals surface area contributed by atoms with Crippen molar-refractivity contribution in [1.82, 2.24) is 9.55 Å². The molecule has 0 bridgehead atoms. The zero-order valence-corrected chi connectivity index (χ0v) is 10.8. The normalized spacial score (nSPS) is 11.7. The van der Waals surface area contributed by atoms with E-state index in [1.165, 1.54) is 12.1 Å². The van der Waals surface area contributed by atoms with Crippen LogP contribution in [0.3, 0.4) is 0 Å². The van der Waals surface area contributed by atoms with Gasteiger partial charge in [-0.1, -0.05) is 11.6 Å². The summed E-state index contributed by atoms with van der Waals surface area (Å²) in [5.74, 6) is -0.832. The van der Waals surface area contributed by atoms with Crippen LogP contribution >= 0.6 is 11.6 Å². The van der Waals surface area contributed by atoms with Gasteiger partial charge >= 0.3 is 6.18 Å². The number of alkyl halides is 3. The van der Waals surface area contributed by atoms with Crippen molar-refractivity contribution in [3.05, 3.63) is 51.3 Å². The van der Waals surface area contributed by atoms with Crippen molar-refractivity contribution in [2.75, 3.05) is 0 Å². The van der Waals surface area contributed by atoms with E-state index in [1.54, 1.807) is 0 Å². The summed E-state index contributed by atoms with van der Waals surface area (Å²) < 4.78 is 51.9. The van der Waals surface area contributed by atoms with E-state index in [4.69, 9.17) is 11.6 Å². The van der Waals surface area contributed by atoms with Gasteiger partial charge in [0.05, 0.1) is 6.20 Å². The standard InChI is InChI=1S/C12H7ClF4N2O/c1-19-9(12(15,16)17)5-18-10(11(19)20)7-3-2-6(13)4-8(7)14/h2-5H,1H3. The number of aromatic nitrogens is 2. The largest absolute Gasteiger partial charge is 0.433 e. The second-order valence-corrected chi connectivity index (χ2v) is 4.41.